The zero-order chi connectivity index (χ0) is 4.12. The molecular formula is C6H14Gd. The molecule has 0 heterocycles. The molecule has 0 spiro atoms. The van der Waals surface area contributed by atoms with Crippen LogP contribution in [-0.4, -0.2) is 0 Å². The number of unbranched alkanes of at least 4 members (excludes halogenated alkanes) is 2. The molecule has 0 atom stereocenters. The molecule has 0 saturated carbocycles. The summed E-state index contributed by atoms with van der Waals surface area (Å²) in [6.07, 6.45) is 3.65. The van der Waals surface area contributed by atoms with Crippen LogP contribution in [0.25, 0.3) is 0 Å². The molecule has 0 N–H and O–H groups in total. The summed E-state index contributed by atoms with van der Waals surface area (Å²) in [5.41, 5.74) is 0. The molecule has 7 heavy (non-hydrogen) atoms. The van der Waals surface area contributed by atoms with Gasteiger partial charge in [0.15, 0.2) is 0 Å². The third-order valence-electron chi connectivity index (χ3n) is 0.604. The molecule has 0 aliphatic heterocycles. The van der Waals surface area contributed by atoms with E-state index in [1.54, 1.807) is 0 Å². The SMILES string of the molecule is [CH2-]CCCC.[CH3-].[Gd+2]. The second-order valence-electron chi connectivity index (χ2n) is 1.21. The van der Waals surface area contributed by atoms with Crippen LogP contribution in [0.2, 0.25) is 0 Å². The summed E-state index contributed by atoms with van der Waals surface area (Å²) in [6.45, 7) is 5.85. The minimum absolute atomic E-state index is 0. The molecule has 0 aromatic rings. The predicted octanol–water partition coefficient (Wildman–Crippen LogP) is 2.46. The van der Waals surface area contributed by atoms with Gasteiger partial charge in [0.1, 0.15) is 0 Å². The van der Waals surface area contributed by atoms with Crippen LogP contribution < -0.4 is 0 Å². The molecule has 0 aromatic heterocycles. The molecular weight excluding hydrogens is 229 g/mol. The van der Waals surface area contributed by atoms with Crippen LogP contribution in [0.5, 0.6) is 0 Å². The van der Waals surface area contributed by atoms with Crippen molar-refractivity contribution >= 4 is 0 Å². The van der Waals surface area contributed by atoms with Crippen molar-refractivity contribution in [1.82, 2.24) is 0 Å². The topological polar surface area (TPSA) is 0 Å². The Labute approximate surface area is 79.8 Å². The molecule has 0 bridgehead atoms. The summed E-state index contributed by atoms with van der Waals surface area (Å²) in [5, 5.41) is 0. The van der Waals surface area contributed by atoms with Crippen LogP contribution in [0.1, 0.15) is 26.2 Å². The Balaban J connectivity index is -0.0000000800. The van der Waals surface area contributed by atoms with Gasteiger partial charge in [0.05, 0.1) is 0 Å². The van der Waals surface area contributed by atoms with Crippen LogP contribution in [-0.2, 0) is 0 Å². The Morgan fingerprint density at radius 3 is 1.86 bits per heavy atom. The predicted molar refractivity (Wildman–Crippen MR) is 31.3 cm³/mol. The van der Waals surface area contributed by atoms with Crippen LogP contribution in [0.3, 0.4) is 0 Å². The molecule has 0 aliphatic carbocycles. The van der Waals surface area contributed by atoms with Crippen molar-refractivity contribution in [3.63, 3.8) is 0 Å². The van der Waals surface area contributed by atoms with Crippen molar-refractivity contribution in [2.75, 3.05) is 0 Å². The van der Waals surface area contributed by atoms with E-state index in [0.29, 0.717) is 0 Å². The average Bonchev–Trinajstić information content (AvgIpc) is 1.41. The minimum Gasteiger partial charge on any atom is -0.358 e. The second kappa shape index (κ2) is 15.7. The normalized spacial score (nSPS) is 6.00. The summed E-state index contributed by atoms with van der Waals surface area (Å²) >= 11 is 0. The van der Waals surface area contributed by atoms with Gasteiger partial charge in [-0.15, -0.1) is 0 Å². The fourth-order valence-electron chi connectivity index (χ4n) is 0.250. The van der Waals surface area contributed by atoms with E-state index in [4.69, 9.17) is 0 Å². The van der Waals surface area contributed by atoms with Gasteiger partial charge in [0, 0.05) is 0 Å². The van der Waals surface area contributed by atoms with Crippen molar-refractivity contribution in [2.24, 2.45) is 0 Å². The summed E-state index contributed by atoms with van der Waals surface area (Å²) in [7, 11) is 0. The Bertz CT molecular complexity index is 11.7. The van der Waals surface area contributed by atoms with Crippen LogP contribution in [0, 0.1) is 54.3 Å². The first-order chi connectivity index (χ1) is 2.41. The molecule has 0 amide bonds. The fourth-order valence-corrected chi connectivity index (χ4v) is 0.250. The third kappa shape index (κ3) is 18.8. The van der Waals surface area contributed by atoms with E-state index < -0.39 is 0 Å². The first-order valence-electron chi connectivity index (χ1n) is 2.21. The molecule has 46 valence electrons. The van der Waals surface area contributed by atoms with Crippen LogP contribution in [0.4, 0.5) is 0 Å². The van der Waals surface area contributed by atoms with Crippen molar-refractivity contribution in [3.8, 4) is 0 Å². The first-order valence-corrected chi connectivity index (χ1v) is 2.21. The molecule has 0 aliphatic rings. The van der Waals surface area contributed by atoms with Gasteiger partial charge in [0.2, 0.25) is 0 Å². The van der Waals surface area contributed by atoms with Gasteiger partial charge >= 0.3 is 39.9 Å². The smallest absolute Gasteiger partial charge is 0.358 e. The van der Waals surface area contributed by atoms with Gasteiger partial charge in [0.25, 0.3) is 0 Å². The number of hydrogen-bond donors (Lipinski definition) is 0. The van der Waals surface area contributed by atoms with Crippen LogP contribution in [0.15, 0.2) is 0 Å². The average molecular weight is 243 g/mol. The van der Waals surface area contributed by atoms with Crippen LogP contribution >= 0.6 is 0 Å². The largest absolute Gasteiger partial charge is 2.00 e. The van der Waals surface area contributed by atoms with Crippen molar-refractivity contribution in [3.05, 3.63) is 14.4 Å². The summed E-state index contributed by atoms with van der Waals surface area (Å²) in [6, 6.07) is 0. The van der Waals surface area contributed by atoms with E-state index in [1.165, 1.54) is 12.8 Å². The van der Waals surface area contributed by atoms with Gasteiger partial charge < -0.3 is 14.4 Å². The molecule has 1 heteroatoms. The van der Waals surface area contributed by atoms with Gasteiger partial charge in [-0.2, -0.15) is 6.42 Å². The summed E-state index contributed by atoms with van der Waals surface area (Å²) < 4.78 is 0. The molecule has 0 fully saturated rings. The maximum absolute atomic E-state index is 3.68. The zero-order valence-corrected chi connectivity index (χ0v) is 7.45. The zero-order valence-electron chi connectivity index (χ0n) is 5.18. The maximum Gasteiger partial charge on any atom is 2.00 e. The van der Waals surface area contributed by atoms with E-state index in [2.05, 4.69) is 13.8 Å². The summed E-state index contributed by atoms with van der Waals surface area (Å²) in [5.74, 6) is 0. The Morgan fingerprint density at radius 2 is 1.86 bits per heavy atom. The quantitative estimate of drug-likeness (QED) is 0.654. The van der Waals surface area contributed by atoms with E-state index in [1.807, 2.05) is 0 Å². The Hall–Kier alpha value is 1.32. The monoisotopic (exact) mass is 244 g/mol. The second-order valence-corrected chi connectivity index (χ2v) is 1.21. The van der Waals surface area contributed by atoms with Gasteiger partial charge in [-0.05, 0) is 0 Å². The van der Waals surface area contributed by atoms with Crippen molar-refractivity contribution in [2.45, 2.75) is 26.2 Å². The number of rotatable bonds is 2. The van der Waals surface area contributed by atoms with Crippen molar-refractivity contribution in [1.29, 1.82) is 0 Å². The van der Waals surface area contributed by atoms with E-state index >= 15 is 0 Å². The molecule has 0 rings (SSSR count). The molecule has 0 aromatic carbocycles. The van der Waals surface area contributed by atoms with Gasteiger partial charge in [-0.3, -0.25) is 0 Å². The maximum atomic E-state index is 3.68. The molecule has 0 saturated heterocycles. The van der Waals surface area contributed by atoms with E-state index in [9.17, 15) is 0 Å². The standard InChI is InChI=1S/C5H11.CH3.Gd/c1-3-5-4-2;;/h1,3-5H2,2H3;1H3;/q2*-1;+2. The third-order valence-corrected chi connectivity index (χ3v) is 0.604. The van der Waals surface area contributed by atoms with E-state index in [0.717, 1.165) is 6.42 Å². The van der Waals surface area contributed by atoms with Gasteiger partial charge in [-0.1, -0.05) is 19.8 Å². The van der Waals surface area contributed by atoms with Gasteiger partial charge in [-0.25, -0.2) is 0 Å². The molecule has 0 unspecified atom stereocenters. The molecule has 0 radical (unpaired) electrons. The molecule has 0 nitrogen and oxygen atoms in total. The Morgan fingerprint density at radius 1 is 1.43 bits per heavy atom. The Kier molecular flexibility index (Phi) is 35.3. The first kappa shape index (κ1) is 15.8. The summed E-state index contributed by atoms with van der Waals surface area (Å²) in [4.78, 5) is 0. The number of hydrogen-bond acceptors (Lipinski definition) is 0. The van der Waals surface area contributed by atoms with Crippen molar-refractivity contribution < 1.29 is 39.9 Å². The minimum atomic E-state index is 0. The fraction of sp³-hybridized carbons (Fsp3) is 0.667. The van der Waals surface area contributed by atoms with E-state index in [-0.39, 0.29) is 47.4 Å².